The summed E-state index contributed by atoms with van der Waals surface area (Å²) in [4.78, 5) is 16.6. The summed E-state index contributed by atoms with van der Waals surface area (Å²) in [5, 5.41) is 12.0. The first-order valence-corrected chi connectivity index (χ1v) is 7.82. The molecule has 2 aromatic rings. The van der Waals surface area contributed by atoms with E-state index in [9.17, 15) is 10.1 Å². The minimum atomic E-state index is -0.322. The zero-order valence-corrected chi connectivity index (χ0v) is 12.4. The molecule has 0 amide bonds. The highest BCUT2D eigenvalue weighted by Crippen LogP contribution is 2.32. The van der Waals surface area contributed by atoms with E-state index in [1.165, 1.54) is 11.3 Å². The van der Waals surface area contributed by atoms with Crippen LogP contribution in [0.25, 0.3) is 10.9 Å². The fourth-order valence-electron chi connectivity index (χ4n) is 3.70. The Labute approximate surface area is 128 Å². The number of ether oxygens (including phenoxy) is 1. The largest absolute Gasteiger partial charge is 0.381 e. The number of aromatic nitrogens is 1. The molecule has 6 heteroatoms. The molecule has 0 saturated carbocycles. The molecule has 116 valence electrons. The summed E-state index contributed by atoms with van der Waals surface area (Å²) >= 11 is 0. The van der Waals surface area contributed by atoms with Gasteiger partial charge in [-0.25, -0.2) is 0 Å². The Kier molecular flexibility index (Phi) is 3.35. The zero-order valence-electron chi connectivity index (χ0n) is 12.4. The van der Waals surface area contributed by atoms with Crippen LogP contribution < -0.4 is 0 Å². The van der Waals surface area contributed by atoms with Crippen molar-refractivity contribution in [1.82, 2.24) is 9.88 Å². The lowest BCUT2D eigenvalue weighted by molar-refractivity contribution is -0.384. The van der Waals surface area contributed by atoms with Crippen LogP contribution in [0, 0.1) is 10.1 Å². The van der Waals surface area contributed by atoms with Crippen molar-refractivity contribution in [3.63, 3.8) is 0 Å². The van der Waals surface area contributed by atoms with Crippen molar-refractivity contribution < 1.29 is 9.66 Å². The summed E-state index contributed by atoms with van der Waals surface area (Å²) in [7, 11) is 0. The smallest absolute Gasteiger partial charge is 0.270 e. The molecule has 0 atom stereocenters. The van der Waals surface area contributed by atoms with Gasteiger partial charge >= 0.3 is 0 Å². The first kappa shape index (κ1) is 13.7. The van der Waals surface area contributed by atoms with Crippen LogP contribution in [0.4, 0.5) is 5.69 Å². The summed E-state index contributed by atoms with van der Waals surface area (Å²) in [5.41, 5.74) is 3.64. The third-order valence-corrected chi connectivity index (χ3v) is 4.91. The van der Waals surface area contributed by atoms with E-state index < -0.39 is 0 Å². The molecule has 1 aromatic heterocycles. The van der Waals surface area contributed by atoms with E-state index in [1.807, 2.05) is 6.07 Å². The second kappa shape index (κ2) is 5.37. The van der Waals surface area contributed by atoms with Gasteiger partial charge in [0.1, 0.15) is 0 Å². The quantitative estimate of drug-likeness (QED) is 0.683. The number of fused-ring (bicyclic) bond motifs is 3. The molecule has 3 heterocycles. The van der Waals surface area contributed by atoms with Gasteiger partial charge < -0.3 is 9.72 Å². The maximum atomic E-state index is 11.0. The van der Waals surface area contributed by atoms with E-state index >= 15 is 0 Å². The molecule has 2 aliphatic heterocycles. The summed E-state index contributed by atoms with van der Waals surface area (Å²) in [6.45, 7) is 3.61. The number of H-pyrrole nitrogens is 1. The standard InChI is InChI=1S/C16H19N3O3/c20-19(21)12-1-2-15-13(9-12)14-10-18(6-3-16(14)17-15)11-4-7-22-8-5-11/h1-2,9,11,17H,3-8,10H2. The van der Waals surface area contributed by atoms with Crippen molar-refractivity contribution in [2.24, 2.45) is 0 Å². The van der Waals surface area contributed by atoms with Crippen LogP contribution in [0.1, 0.15) is 24.1 Å². The van der Waals surface area contributed by atoms with Crippen LogP contribution >= 0.6 is 0 Å². The summed E-state index contributed by atoms with van der Waals surface area (Å²) in [6.07, 6.45) is 3.14. The first-order chi connectivity index (χ1) is 10.7. The summed E-state index contributed by atoms with van der Waals surface area (Å²) < 4.78 is 5.45. The minimum absolute atomic E-state index is 0.164. The van der Waals surface area contributed by atoms with Gasteiger partial charge in [0.2, 0.25) is 0 Å². The van der Waals surface area contributed by atoms with Crippen molar-refractivity contribution in [3.05, 3.63) is 39.6 Å². The third-order valence-electron chi connectivity index (χ3n) is 4.91. The van der Waals surface area contributed by atoms with Crippen LogP contribution in [-0.4, -0.2) is 40.6 Å². The van der Waals surface area contributed by atoms with Gasteiger partial charge in [0, 0.05) is 67.5 Å². The highest BCUT2D eigenvalue weighted by Gasteiger charge is 2.27. The Morgan fingerprint density at radius 3 is 2.91 bits per heavy atom. The number of hydrogen-bond donors (Lipinski definition) is 1. The topological polar surface area (TPSA) is 71.4 Å². The molecule has 2 aliphatic rings. The number of hydrogen-bond acceptors (Lipinski definition) is 4. The van der Waals surface area contributed by atoms with Crippen LogP contribution in [0.15, 0.2) is 18.2 Å². The van der Waals surface area contributed by atoms with E-state index in [2.05, 4.69) is 9.88 Å². The molecule has 0 aliphatic carbocycles. The SMILES string of the molecule is O=[N+]([O-])c1ccc2[nH]c3c(c2c1)CN(C1CCOCC1)CC3. The fourth-order valence-corrected chi connectivity index (χ4v) is 3.70. The van der Waals surface area contributed by atoms with Gasteiger partial charge in [0.25, 0.3) is 5.69 Å². The van der Waals surface area contributed by atoms with E-state index in [0.717, 1.165) is 56.5 Å². The highest BCUT2D eigenvalue weighted by atomic mass is 16.6. The first-order valence-electron chi connectivity index (χ1n) is 7.82. The molecule has 22 heavy (non-hydrogen) atoms. The average Bonchev–Trinajstić information content (AvgIpc) is 2.92. The molecular formula is C16H19N3O3. The zero-order chi connectivity index (χ0) is 15.1. The van der Waals surface area contributed by atoms with Crippen molar-refractivity contribution in [2.45, 2.75) is 31.8 Å². The maximum absolute atomic E-state index is 11.0. The monoisotopic (exact) mass is 301 g/mol. The second-order valence-electron chi connectivity index (χ2n) is 6.13. The molecule has 0 spiro atoms. The Hall–Kier alpha value is -1.92. The molecule has 1 saturated heterocycles. The third kappa shape index (κ3) is 2.28. The summed E-state index contributed by atoms with van der Waals surface area (Å²) in [6, 6.07) is 5.68. The number of nitrogens with zero attached hydrogens (tertiary/aromatic N) is 2. The van der Waals surface area contributed by atoms with Crippen LogP contribution in [0.2, 0.25) is 0 Å². The van der Waals surface area contributed by atoms with E-state index in [4.69, 9.17) is 4.74 Å². The lowest BCUT2D eigenvalue weighted by Crippen LogP contribution is -2.42. The molecule has 6 nitrogen and oxygen atoms in total. The molecule has 0 unspecified atom stereocenters. The molecular weight excluding hydrogens is 282 g/mol. The van der Waals surface area contributed by atoms with E-state index in [-0.39, 0.29) is 10.6 Å². The number of nitro groups is 1. The number of benzene rings is 1. The average molecular weight is 301 g/mol. The molecule has 1 aromatic carbocycles. The van der Waals surface area contributed by atoms with Gasteiger partial charge in [-0.2, -0.15) is 0 Å². The molecule has 0 bridgehead atoms. The molecule has 1 N–H and O–H groups in total. The highest BCUT2D eigenvalue weighted by molar-refractivity contribution is 5.87. The number of nitro benzene ring substituents is 1. The number of aromatic amines is 1. The normalized spacial score (nSPS) is 20.2. The number of nitrogens with one attached hydrogen (secondary N) is 1. The molecule has 1 fully saturated rings. The second-order valence-corrected chi connectivity index (χ2v) is 6.13. The lowest BCUT2D eigenvalue weighted by Gasteiger charge is -2.36. The number of rotatable bonds is 2. The van der Waals surface area contributed by atoms with Gasteiger partial charge in [-0.3, -0.25) is 15.0 Å². The minimum Gasteiger partial charge on any atom is -0.381 e. The molecule has 0 radical (unpaired) electrons. The van der Waals surface area contributed by atoms with Crippen molar-refractivity contribution >= 4 is 16.6 Å². The van der Waals surface area contributed by atoms with Gasteiger partial charge in [-0.15, -0.1) is 0 Å². The fraction of sp³-hybridized carbons (Fsp3) is 0.500. The molecule has 4 rings (SSSR count). The predicted molar refractivity (Wildman–Crippen MR) is 82.9 cm³/mol. The van der Waals surface area contributed by atoms with Crippen LogP contribution in [0.5, 0.6) is 0 Å². The van der Waals surface area contributed by atoms with Crippen molar-refractivity contribution in [1.29, 1.82) is 0 Å². The van der Waals surface area contributed by atoms with Gasteiger partial charge in [0.15, 0.2) is 0 Å². The Balaban J connectivity index is 1.68. The van der Waals surface area contributed by atoms with Gasteiger partial charge in [-0.1, -0.05) is 0 Å². The van der Waals surface area contributed by atoms with Crippen molar-refractivity contribution in [2.75, 3.05) is 19.8 Å². The van der Waals surface area contributed by atoms with Gasteiger partial charge in [0.05, 0.1) is 4.92 Å². The van der Waals surface area contributed by atoms with E-state index in [0.29, 0.717) is 6.04 Å². The Morgan fingerprint density at radius 2 is 2.14 bits per heavy atom. The maximum Gasteiger partial charge on any atom is 0.270 e. The lowest BCUT2D eigenvalue weighted by atomic mass is 9.99. The van der Waals surface area contributed by atoms with Crippen LogP contribution in [-0.2, 0) is 17.7 Å². The van der Waals surface area contributed by atoms with Gasteiger partial charge in [-0.05, 0) is 24.5 Å². The summed E-state index contributed by atoms with van der Waals surface area (Å²) in [5.74, 6) is 0. The van der Waals surface area contributed by atoms with Crippen LogP contribution in [0.3, 0.4) is 0 Å². The number of non-ortho nitro benzene ring substituents is 1. The van der Waals surface area contributed by atoms with Crippen molar-refractivity contribution in [3.8, 4) is 0 Å². The van der Waals surface area contributed by atoms with E-state index in [1.54, 1.807) is 12.1 Å². The Bertz CT molecular complexity index is 719. The predicted octanol–water partition coefficient (Wildman–Crippen LogP) is 2.61. The Morgan fingerprint density at radius 1 is 1.32 bits per heavy atom.